The SMILES string of the molecule is CC(C)C(=O)NNC(=O)c1ccc(S(=O)(=O)N2CCOCC2)cc1. The second-order valence-corrected chi connectivity index (χ2v) is 7.58. The Labute approximate surface area is 141 Å². The zero-order chi connectivity index (χ0) is 17.7. The monoisotopic (exact) mass is 355 g/mol. The average Bonchev–Trinajstić information content (AvgIpc) is 2.60. The second-order valence-electron chi connectivity index (χ2n) is 5.64. The number of benzene rings is 1. The van der Waals surface area contributed by atoms with Crippen LogP contribution in [0.1, 0.15) is 24.2 Å². The van der Waals surface area contributed by atoms with Gasteiger partial charge in [0.05, 0.1) is 18.1 Å². The number of nitrogens with zero attached hydrogens (tertiary/aromatic N) is 1. The number of hydrogen-bond acceptors (Lipinski definition) is 5. The van der Waals surface area contributed by atoms with E-state index < -0.39 is 15.9 Å². The van der Waals surface area contributed by atoms with Crippen LogP contribution in [0.15, 0.2) is 29.2 Å². The fourth-order valence-electron chi connectivity index (χ4n) is 2.05. The molecule has 1 heterocycles. The molecule has 0 aromatic heterocycles. The summed E-state index contributed by atoms with van der Waals surface area (Å²) in [5.41, 5.74) is 4.83. The van der Waals surface area contributed by atoms with E-state index in [1.165, 1.54) is 28.6 Å². The van der Waals surface area contributed by atoms with Crippen molar-refractivity contribution in [3.05, 3.63) is 29.8 Å². The van der Waals surface area contributed by atoms with Gasteiger partial charge in [0.25, 0.3) is 5.91 Å². The molecule has 0 aliphatic carbocycles. The van der Waals surface area contributed by atoms with Crippen LogP contribution in [0.3, 0.4) is 0 Å². The smallest absolute Gasteiger partial charge is 0.269 e. The summed E-state index contributed by atoms with van der Waals surface area (Å²) in [6.07, 6.45) is 0. The zero-order valence-electron chi connectivity index (χ0n) is 13.6. The van der Waals surface area contributed by atoms with Gasteiger partial charge in [-0.3, -0.25) is 20.4 Å². The summed E-state index contributed by atoms with van der Waals surface area (Å²) in [4.78, 5) is 23.5. The van der Waals surface area contributed by atoms with Crippen LogP contribution in [0.4, 0.5) is 0 Å². The van der Waals surface area contributed by atoms with Crippen molar-refractivity contribution in [2.24, 2.45) is 5.92 Å². The zero-order valence-corrected chi connectivity index (χ0v) is 14.4. The van der Waals surface area contributed by atoms with E-state index in [4.69, 9.17) is 4.74 Å². The highest BCUT2D eigenvalue weighted by molar-refractivity contribution is 7.89. The van der Waals surface area contributed by atoms with E-state index >= 15 is 0 Å². The third-order valence-corrected chi connectivity index (χ3v) is 5.46. The van der Waals surface area contributed by atoms with Gasteiger partial charge in [-0.25, -0.2) is 8.42 Å². The Hall–Kier alpha value is -1.97. The molecule has 0 atom stereocenters. The van der Waals surface area contributed by atoms with Gasteiger partial charge in [0, 0.05) is 24.6 Å². The molecule has 0 unspecified atom stereocenters. The van der Waals surface area contributed by atoms with E-state index in [9.17, 15) is 18.0 Å². The number of rotatable bonds is 4. The topological polar surface area (TPSA) is 105 Å². The Balaban J connectivity index is 2.04. The van der Waals surface area contributed by atoms with E-state index in [2.05, 4.69) is 10.9 Å². The molecule has 1 fully saturated rings. The number of amides is 2. The molecular weight excluding hydrogens is 334 g/mol. The van der Waals surface area contributed by atoms with E-state index in [1.54, 1.807) is 13.8 Å². The van der Waals surface area contributed by atoms with Crippen molar-refractivity contribution in [1.29, 1.82) is 0 Å². The number of hydrogen-bond donors (Lipinski definition) is 2. The highest BCUT2D eigenvalue weighted by atomic mass is 32.2. The molecule has 1 aromatic carbocycles. The number of morpholine rings is 1. The first-order chi connectivity index (χ1) is 11.3. The summed E-state index contributed by atoms with van der Waals surface area (Å²) in [7, 11) is -3.59. The van der Waals surface area contributed by atoms with Gasteiger partial charge in [-0.1, -0.05) is 13.8 Å². The number of hydrazine groups is 1. The first-order valence-corrected chi connectivity index (χ1v) is 9.04. The maximum Gasteiger partial charge on any atom is 0.269 e. The van der Waals surface area contributed by atoms with Crippen LogP contribution in [0.25, 0.3) is 0 Å². The predicted molar refractivity (Wildman–Crippen MR) is 86.5 cm³/mol. The Morgan fingerprint density at radius 2 is 1.67 bits per heavy atom. The van der Waals surface area contributed by atoms with Gasteiger partial charge in [0.15, 0.2) is 0 Å². The molecule has 0 saturated carbocycles. The molecule has 24 heavy (non-hydrogen) atoms. The molecule has 8 nitrogen and oxygen atoms in total. The minimum Gasteiger partial charge on any atom is -0.379 e. The summed E-state index contributed by atoms with van der Waals surface area (Å²) < 4.78 is 31.4. The predicted octanol–water partition coefficient (Wildman–Crippen LogP) is 0.125. The lowest BCUT2D eigenvalue weighted by atomic mass is 10.2. The van der Waals surface area contributed by atoms with Gasteiger partial charge in [-0.2, -0.15) is 4.31 Å². The lowest BCUT2D eigenvalue weighted by Crippen LogP contribution is -2.43. The maximum absolute atomic E-state index is 12.5. The number of sulfonamides is 1. The Bertz CT molecular complexity index is 694. The Kier molecular flexibility index (Phi) is 5.92. The molecule has 1 saturated heterocycles. The summed E-state index contributed by atoms with van der Waals surface area (Å²) in [6.45, 7) is 4.77. The van der Waals surface area contributed by atoms with E-state index in [1.807, 2.05) is 0 Å². The van der Waals surface area contributed by atoms with Gasteiger partial charge >= 0.3 is 0 Å². The summed E-state index contributed by atoms with van der Waals surface area (Å²) in [6, 6.07) is 5.57. The highest BCUT2D eigenvalue weighted by Gasteiger charge is 2.26. The van der Waals surface area contributed by atoms with Crippen molar-refractivity contribution < 1.29 is 22.7 Å². The van der Waals surface area contributed by atoms with E-state index in [-0.39, 0.29) is 22.3 Å². The summed E-state index contributed by atoms with van der Waals surface area (Å²) in [5.74, 6) is -1.08. The van der Waals surface area contributed by atoms with Crippen molar-refractivity contribution in [2.45, 2.75) is 18.7 Å². The first-order valence-electron chi connectivity index (χ1n) is 7.60. The average molecular weight is 355 g/mol. The molecule has 0 radical (unpaired) electrons. The molecule has 0 spiro atoms. The van der Waals surface area contributed by atoms with Crippen LogP contribution in [-0.2, 0) is 19.6 Å². The lowest BCUT2D eigenvalue weighted by molar-refractivity contribution is -0.124. The van der Waals surface area contributed by atoms with Gasteiger partial charge in [-0.15, -0.1) is 0 Å². The van der Waals surface area contributed by atoms with E-state index in [0.717, 1.165) is 0 Å². The van der Waals surface area contributed by atoms with Gasteiger partial charge in [0.2, 0.25) is 15.9 Å². The second kappa shape index (κ2) is 7.73. The van der Waals surface area contributed by atoms with Gasteiger partial charge < -0.3 is 4.74 Å². The Morgan fingerprint density at radius 3 is 2.21 bits per heavy atom. The van der Waals surface area contributed by atoms with Crippen molar-refractivity contribution in [2.75, 3.05) is 26.3 Å². The molecule has 9 heteroatoms. The summed E-state index contributed by atoms with van der Waals surface area (Å²) >= 11 is 0. The molecule has 0 bridgehead atoms. The molecule has 2 amide bonds. The first kappa shape index (κ1) is 18.4. The largest absolute Gasteiger partial charge is 0.379 e. The fourth-order valence-corrected chi connectivity index (χ4v) is 3.46. The van der Waals surface area contributed by atoms with Crippen LogP contribution in [0.5, 0.6) is 0 Å². The molecule has 1 aromatic rings. The third kappa shape index (κ3) is 4.31. The minimum atomic E-state index is -3.59. The van der Waals surface area contributed by atoms with Crippen LogP contribution < -0.4 is 10.9 Å². The van der Waals surface area contributed by atoms with Crippen LogP contribution in [0.2, 0.25) is 0 Å². The molecule has 1 aliphatic heterocycles. The molecule has 132 valence electrons. The molecule has 2 rings (SSSR count). The minimum absolute atomic E-state index is 0.118. The van der Waals surface area contributed by atoms with Crippen molar-refractivity contribution in [1.82, 2.24) is 15.2 Å². The third-order valence-electron chi connectivity index (χ3n) is 3.55. The van der Waals surface area contributed by atoms with Gasteiger partial charge in [-0.05, 0) is 24.3 Å². The number of ether oxygens (including phenoxy) is 1. The van der Waals surface area contributed by atoms with Crippen LogP contribution in [-0.4, -0.2) is 50.8 Å². The van der Waals surface area contributed by atoms with Crippen LogP contribution in [0, 0.1) is 5.92 Å². The highest BCUT2D eigenvalue weighted by Crippen LogP contribution is 2.17. The molecule has 1 aliphatic rings. The fraction of sp³-hybridized carbons (Fsp3) is 0.467. The summed E-state index contributed by atoms with van der Waals surface area (Å²) in [5, 5.41) is 0. The number of nitrogens with one attached hydrogen (secondary N) is 2. The maximum atomic E-state index is 12.5. The molecule has 2 N–H and O–H groups in total. The van der Waals surface area contributed by atoms with Gasteiger partial charge in [0.1, 0.15) is 0 Å². The van der Waals surface area contributed by atoms with Crippen molar-refractivity contribution in [3.8, 4) is 0 Å². The number of carbonyl (C=O) groups excluding carboxylic acids is 2. The quantitative estimate of drug-likeness (QED) is 0.747. The van der Waals surface area contributed by atoms with E-state index in [0.29, 0.717) is 26.3 Å². The van der Waals surface area contributed by atoms with Crippen LogP contribution >= 0.6 is 0 Å². The van der Waals surface area contributed by atoms with Crippen molar-refractivity contribution >= 4 is 21.8 Å². The molecular formula is C15H21N3O5S. The number of carbonyl (C=O) groups is 2. The Morgan fingerprint density at radius 1 is 1.08 bits per heavy atom. The lowest BCUT2D eigenvalue weighted by Gasteiger charge is -2.26. The van der Waals surface area contributed by atoms with Crippen molar-refractivity contribution in [3.63, 3.8) is 0 Å². The standard InChI is InChI=1S/C15H21N3O5S/c1-11(2)14(19)16-17-15(20)12-3-5-13(6-4-12)24(21,22)18-7-9-23-10-8-18/h3-6,11H,7-10H2,1-2H3,(H,16,19)(H,17,20). The normalized spacial score (nSPS) is 16.0.